The van der Waals surface area contributed by atoms with Crippen LogP contribution < -0.4 is 0 Å². The Labute approximate surface area is 107 Å². The van der Waals surface area contributed by atoms with Crippen LogP contribution in [0.3, 0.4) is 0 Å². The van der Waals surface area contributed by atoms with E-state index >= 15 is 0 Å². The average molecular weight is 282 g/mol. The van der Waals surface area contributed by atoms with Crippen LogP contribution in [-0.4, -0.2) is 10.3 Å². The second-order valence-electron chi connectivity index (χ2n) is 3.82. The van der Waals surface area contributed by atoms with Crippen molar-refractivity contribution in [2.75, 3.05) is 0 Å². The molecule has 0 heterocycles. The Kier molecular flexibility index (Phi) is 4.56. The van der Waals surface area contributed by atoms with Crippen molar-refractivity contribution in [3.05, 3.63) is 39.4 Å². The SMILES string of the molecule is CCC(Cl)Cc1ccc([N+](=O)[O-])c(C(F)(F)F)c1. The summed E-state index contributed by atoms with van der Waals surface area (Å²) in [5.41, 5.74) is -1.83. The van der Waals surface area contributed by atoms with Crippen molar-refractivity contribution in [1.82, 2.24) is 0 Å². The number of nitro groups is 1. The van der Waals surface area contributed by atoms with Gasteiger partial charge >= 0.3 is 6.18 Å². The van der Waals surface area contributed by atoms with Gasteiger partial charge in [-0.2, -0.15) is 13.2 Å². The molecular formula is C11H11ClF3NO2. The molecule has 0 radical (unpaired) electrons. The molecule has 0 N–H and O–H groups in total. The fourth-order valence-electron chi connectivity index (χ4n) is 1.50. The van der Waals surface area contributed by atoms with Gasteiger partial charge in [-0.15, -0.1) is 11.6 Å². The molecule has 0 fully saturated rings. The summed E-state index contributed by atoms with van der Waals surface area (Å²) in [4.78, 5) is 9.50. The van der Waals surface area contributed by atoms with E-state index in [0.29, 0.717) is 12.0 Å². The number of alkyl halides is 4. The molecule has 1 aromatic rings. The lowest BCUT2D eigenvalue weighted by Crippen LogP contribution is -2.10. The molecule has 7 heteroatoms. The molecule has 0 aliphatic heterocycles. The van der Waals surface area contributed by atoms with Gasteiger partial charge in [0.2, 0.25) is 0 Å². The Bertz CT molecular complexity index is 448. The Hall–Kier alpha value is -1.30. The van der Waals surface area contributed by atoms with Crippen LogP contribution in [0, 0.1) is 10.1 Å². The van der Waals surface area contributed by atoms with Gasteiger partial charge in [0.05, 0.1) is 4.92 Å². The van der Waals surface area contributed by atoms with E-state index in [1.54, 1.807) is 0 Å². The van der Waals surface area contributed by atoms with Crippen LogP contribution in [0.1, 0.15) is 24.5 Å². The van der Waals surface area contributed by atoms with E-state index in [2.05, 4.69) is 0 Å². The first kappa shape index (κ1) is 14.8. The van der Waals surface area contributed by atoms with Crippen molar-refractivity contribution in [2.45, 2.75) is 31.3 Å². The minimum Gasteiger partial charge on any atom is -0.258 e. The summed E-state index contributed by atoms with van der Waals surface area (Å²) >= 11 is 5.85. The number of hydrogen-bond acceptors (Lipinski definition) is 2. The molecule has 1 atom stereocenters. The van der Waals surface area contributed by atoms with Crippen molar-refractivity contribution >= 4 is 17.3 Å². The normalized spacial score (nSPS) is 13.4. The van der Waals surface area contributed by atoms with E-state index in [-0.39, 0.29) is 11.8 Å². The number of nitro benzene ring substituents is 1. The van der Waals surface area contributed by atoms with Crippen molar-refractivity contribution in [3.8, 4) is 0 Å². The summed E-state index contributed by atoms with van der Waals surface area (Å²) in [6.07, 6.45) is -3.88. The van der Waals surface area contributed by atoms with Gasteiger partial charge in [-0.25, -0.2) is 0 Å². The number of rotatable bonds is 4. The van der Waals surface area contributed by atoms with Crippen molar-refractivity contribution in [3.63, 3.8) is 0 Å². The zero-order valence-corrected chi connectivity index (χ0v) is 10.3. The third-order valence-corrected chi connectivity index (χ3v) is 2.93. The van der Waals surface area contributed by atoms with Crippen LogP contribution in [0.25, 0.3) is 0 Å². The first-order chi connectivity index (χ1) is 8.25. The van der Waals surface area contributed by atoms with Crippen LogP contribution in [0.2, 0.25) is 0 Å². The molecule has 0 aliphatic rings. The lowest BCUT2D eigenvalue weighted by Gasteiger charge is -2.11. The first-order valence-corrected chi connectivity index (χ1v) is 5.68. The Balaban J connectivity index is 3.18. The zero-order valence-electron chi connectivity index (χ0n) is 9.50. The highest BCUT2D eigenvalue weighted by Gasteiger charge is 2.38. The molecule has 0 amide bonds. The fourth-order valence-corrected chi connectivity index (χ4v) is 1.67. The van der Waals surface area contributed by atoms with Gasteiger partial charge in [0, 0.05) is 11.4 Å². The molecule has 0 saturated carbocycles. The lowest BCUT2D eigenvalue weighted by molar-refractivity contribution is -0.388. The zero-order chi connectivity index (χ0) is 13.9. The third-order valence-electron chi connectivity index (χ3n) is 2.46. The molecule has 0 bridgehead atoms. The molecule has 1 aromatic carbocycles. The molecule has 0 saturated heterocycles. The van der Waals surface area contributed by atoms with Gasteiger partial charge < -0.3 is 0 Å². The lowest BCUT2D eigenvalue weighted by atomic mass is 10.0. The molecule has 1 rings (SSSR count). The topological polar surface area (TPSA) is 43.1 Å². The summed E-state index contributed by atoms with van der Waals surface area (Å²) in [5, 5.41) is 10.3. The molecule has 0 aromatic heterocycles. The van der Waals surface area contributed by atoms with E-state index in [9.17, 15) is 23.3 Å². The quantitative estimate of drug-likeness (QED) is 0.472. The summed E-state index contributed by atoms with van der Waals surface area (Å²) in [7, 11) is 0. The minimum absolute atomic E-state index is 0.249. The minimum atomic E-state index is -4.74. The highest BCUT2D eigenvalue weighted by molar-refractivity contribution is 6.20. The Morgan fingerprint density at radius 2 is 2.06 bits per heavy atom. The van der Waals surface area contributed by atoms with E-state index in [4.69, 9.17) is 11.6 Å². The third kappa shape index (κ3) is 3.60. The number of nitrogens with zero attached hydrogens (tertiary/aromatic N) is 1. The average Bonchev–Trinajstić information content (AvgIpc) is 2.27. The standard InChI is InChI=1S/C11H11ClF3NO2/c1-2-8(12)5-7-3-4-10(16(17)18)9(6-7)11(13,14)15/h3-4,6,8H,2,5H2,1H3. The fraction of sp³-hybridized carbons (Fsp3) is 0.455. The second-order valence-corrected chi connectivity index (χ2v) is 4.43. The van der Waals surface area contributed by atoms with Crippen LogP contribution in [-0.2, 0) is 12.6 Å². The first-order valence-electron chi connectivity index (χ1n) is 5.24. The maximum Gasteiger partial charge on any atom is 0.423 e. The molecule has 0 aliphatic carbocycles. The smallest absolute Gasteiger partial charge is 0.258 e. The predicted octanol–water partition coefficient (Wildman–Crippen LogP) is 4.17. The van der Waals surface area contributed by atoms with Crippen molar-refractivity contribution < 1.29 is 18.1 Å². The van der Waals surface area contributed by atoms with Crippen LogP contribution in [0.5, 0.6) is 0 Å². The number of halogens is 4. The predicted molar refractivity (Wildman–Crippen MR) is 61.7 cm³/mol. The van der Waals surface area contributed by atoms with E-state index in [0.717, 1.165) is 12.1 Å². The number of hydrogen-bond donors (Lipinski definition) is 0. The maximum atomic E-state index is 12.7. The second kappa shape index (κ2) is 5.56. The van der Waals surface area contributed by atoms with Crippen LogP contribution >= 0.6 is 11.6 Å². The van der Waals surface area contributed by atoms with E-state index in [1.807, 2.05) is 6.92 Å². The maximum absolute atomic E-state index is 12.7. The van der Waals surface area contributed by atoms with Gasteiger partial charge in [0.1, 0.15) is 5.56 Å². The van der Waals surface area contributed by atoms with Crippen molar-refractivity contribution in [1.29, 1.82) is 0 Å². The van der Waals surface area contributed by atoms with Crippen LogP contribution in [0.15, 0.2) is 18.2 Å². The largest absolute Gasteiger partial charge is 0.423 e. The summed E-state index contributed by atoms with van der Waals surface area (Å²) in [6.45, 7) is 1.81. The summed E-state index contributed by atoms with van der Waals surface area (Å²) in [6, 6.07) is 2.97. The Morgan fingerprint density at radius 1 is 1.44 bits per heavy atom. The number of benzene rings is 1. The van der Waals surface area contributed by atoms with Gasteiger partial charge in [0.25, 0.3) is 5.69 Å². The van der Waals surface area contributed by atoms with E-state index in [1.165, 1.54) is 6.07 Å². The van der Waals surface area contributed by atoms with Crippen molar-refractivity contribution in [2.24, 2.45) is 0 Å². The van der Waals surface area contributed by atoms with Gasteiger partial charge in [-0.1, -0.05) is 13.0 Å². The molecule has 0 spiro atoms. The Morgan fingerprint density at radius 3 is 2.50 bits per heavy atom. The summed E-state index contributed by atoms with van der Waals surface area (Å²) in [5.74, 6) is 0. The van der Waals surface area contributed by atoms with Crippen LogP contribution in [0.4, 0.5) is 18.9 Å². The molecule has 1 unspecified atom stereocenters. The van der Waals surface area contributed by atoms with Gasteiger partial charge in [0.15, 0.2) is 0 Å². The van der Waals surface area contributed by atoms with Gasteiger partial charge in [-0.3, -0.25) is 10.1 Å². The highest BCUT2D eigenvalue weighted by atomic mass is 35.5. The summed E-state index contributed by atoms with van der Waals surface area (Å²) < 4.78 is 38.0. The molecule has 100 valence electrons. The molecular weight excluding hydrogens is 271 g/mol. The van der Waals surface area contributed by atoms with E-state index < -0.39 is 22.4 Å². The molecule has 18 heavy (non-hydrogen) atoms. The molecule has 3 nitrogen and oxygen atoms in total. The van der Waals surface area contributed by atoms with Gasteiger partial charge in [-0.05, 0) is 24.5 Å². The highest BCUT2D eigenvalue weighted by Crippen LogP contribution is 2.36. The monoisotopic (exact) mass is 281 g/mol.